The van der Waals surface area contributed by atoms with Crippen LogP contribution in [0.5, 0.6) is 0 Å². The van der Waals surface area contributed by atoms with E-state index in [0.29, 0.717) is 19.8 Å². The summed E-state index contributed by atoms with van der Waals surface area (Å²) in [6.07, 6.45) is -0.0668. The lowest BCUT2D eigenvalue weighted by Crippen LogP contribution is -2.43. The van der Waals surface area contributed by atoms with Gasteiger partial charge in [-0.1, -0.05) is 48.0 Å². The van der Waals surface area contributed by atoms with Crippen LogP contribution in [0.2, 0.25) is 0 Å². The maximum atomic E-state index is 12.6. The molecule has 0 saturated carbocycles. The van der Waals surface area contributed by atoms with Crippen LogP contribution >= 0.6 is 0 Å². The van der Waals surface area contributed by atoms with E-state index in [1.54, 1.807) is 24.3 Å². The zero-order chi connectivity index (χ0) is 20.7. The molecule has 0 bridgehead atoms. The van der Waals surface area contributed by atoms with Crippen molar-refractivity contribution in [1.29, 1.82) is 0 Å². The smallest absolute Gasteiger partial charge is 0.221 e. The summed E-state index contributed by atoms with van der Waals surface area (Å²) in [5.41, 5.74) is 2.00. The predicted molar refractivity (Wildman–Crippen MR) is 112 cm³/mol. The average Bonchev–Trinajstić information content (AvgIpc) is 2.74. The lowest BCUT2D eigenvalue weighted by atomic mass is 10.1. The molecule has 2 aromatic rings. The largest absolute Gasteiger partial charge is 0.379 e. The van der Waals surface area contributed by atoms with Crippen LogP contribution in [-0.4, -0.2) is 57.8 Å². The zero-order valence-corrected chi connectivity index (χ0v) is 17.5. The number of rotatable bonds is 8. The highest BCUT2D eigenvalue weighted by Gasteiger charge is 2.22. The van der Waals surface area contributed by atoms with Crippen molar-refractivity contribution in [2.24, 2.45) is 0 Å². The molecule has 1 fully saturated rings. The molecule has 1 saturated heterocycles. The lowest BCUT2D eigenvalue weighted by molar-refractivity contribution is -0.121. The van der Waals surface area contributed by atoms with Crippen LogP contribution in [0.3, 0.4) is 0 Å². The first-order chi connectivity index (χ1) is 13.9. The molecule has 7 heteroatoms. The minimum Gasteiger partial charge on any atom is -0.379 e. The first-order valence-electron chi connectivity index (χ1n) is 9.88. The summed E-state index contributed by atoms with van der Waals surface area (Å²) in [5.74, 6) is -0.469. The topological polar surface area (TPSA) is 75.7 Å². The fourth-order valence-corrected chi connectivity index (χ4v) is 4.56. The molecule has 1 amide bonds. The molecule has 0 aliphatic carbocycles. The lowest BCUT2D eigenvalue weighted by Gasteiger charge is -2.31. The Balaban J connectivity index is 1.62. The molecule has 1 heterocycles. The number of carbonyl (C=O) groups excluding carboxylic acids is 1. The van der Waals surface area contributed by atoms with E-state index in [9.17, 15) is 13.2 Å². The van der Waals surface area contributed by atoms with Gasteiger partial charge in [-0.2, -0.15) is 0 Å². The van der Waals surface area contributed by atoms with Crippen molar-refractivity contribution in [2.75, 3.05) is 38.6 Å². The third kappa shape index (κ3) is 6.39. The summed E-state index contributed by atoms with van der Waals surface area (Å²) in [6, 6.07) is 16.3. The Labute approximate surface area is 172 Å². The quantitative estimate of drug-likeness (QED) is 0.715. The number of amides is 1. The van der Waals surface area contributed by atoms with Crippen LogP contribution in [-0.2, 0) is 19.4 Å². The molecule has 0 aromatic heterocycles. The Morgan fingerprint density at radius 1 is 1.07 bits per heavy atom. The highest BCUT2D eigenvalue weighted by molar-refractivity contribution is 7.91. The van der Waals surface area contributed by atoms with Gasteiger partial charge in [0.05, 0.1) is 29.9 Å². The summed E-state index contributed by atoms with van der Waals surface area (Å²) in [4.78, 5) is 15.1. The van der Waals surface area contributed by atoms with Crippen LogP contribution in [0.15, 0.2) is 59.5 Å². The molecule has 1 N–H and O–H groups in total. The van der Waals surface area contributed by atoms with Gasteiger partial charge in [0.1, 0.15) is 0 Å². The summed E-state index contributed by atoms with van der Waals surface area (Å²) < 4.78 is 30.4. The van der Waals surface area contributed by atoms with Gasteiger partial charge in [-0.15, -0.1) is 0 Å². The van der Waals surface area contributed by atoms with Gasteiger partial charge in [0.15, 0.2) is 9.84 Å². The zero-order valence-electron chi connectivity index (χ0n) is 16.7. The SMILES string of the molecule is Cc1ccc(S(=O)(=O)CCC(=O)NC(CN2CCOCC2)c2ccccc2)cc1. The number of aryl methyl sites for hydroxylation is 1. The Kier molecular flexibility index (Phi) is 7.41. The monoisotopic (exact) mass is 416 g/mol. The second kappa shape index (κ2) is 10.0. The van der Waals surface area contributed by atoms with Gasteiger partial charge in [0.25, 0.3) is 0 Å². The maximum absolute atomic E-state index is 12.6. The molecule has 0 spiro atoms. The third-order valence-corrected chi connectivity index (χ3v) is 6.79. The molecule has 0 radical (unpaired) electrons. The normalized spacial score (nSPS) is 16.3. The van der Waals surface area contributed by atoms with E-state index in [1.165, 1.54) is 0 Å². The number of carbonyl (C=O) groups is 1. The molecule has 1 atom stereocenters. The standard InChI is InChI=1S/C22H28N2O4S/c1-18-7-9-20(10-8-18)29(26,27)16-11-22(25)23-21(19-5-3-2-4-6-19)17-24-12-14-28-15-13-24/h2-10,21H,11-17H2,1H3,(H,23,25). The first-order valence-corrected chi connectivity index (χ1v) is 11.5. The Morgan fingerprint density at radius 3 is 2.38 bits per heavy atom. The fourth-order valence-electron chi connectivity index (χ4n) is 3.32. The van der Waals surface area contributed by atoms with Gasteiger partial charge in [-0.05, 0) is 24.6 Å². The maximum Gasteiger partial charge on any atom is 0.221 e. The minimum absolute atomic E-state index is 0.0668. The van der Waals surface area contributed by atoms with Gasteiger partial charge < -0.3 is 10.1 Å². The Hall–Kier alpha value is -2.22. The molecule has 2 aromatic carbocycles. The van der Waals surface area contributed by atoms with E-state index in [4.69, 9.17) is 4.74 Å². The highest BCUT2D eigenvalue weighted by Crippen LogP contribution is 2.17. The molecular weight excluding hydrogens is 388 g/mol. The molecule has 1 aliphatic rings. The Morgan fingerprint density at radius 2 is 1.72 bits per heavy atom. The number of ether oxygens (including phenoxy) is 1. The van der Waals surface area contributed by atoms with Crippen molar-refractivity contribution in [2.45, 2.75) is 24.3 Å². The predicted octanol–water partition coefficient (Wildman–Crippen LogP) is 2.35. The number of hydrogen-bond acceptors (Lipinski definition) is 5. The van der Waals surface area contributed by atoms with Crippen molar-refractivity contribution in [3.05, 3.63) is 65.7 Å². The van der Waals surface area contributed by atoms with Gasteiger partial charge in [0.2, 0.25) is 5.91 Å². The van der Waals surface area contributed by atoms with Crippen molar-refractivity contribution in [3.63, 3.8) is 0 Å². The van der Waals surface area contributed by atoms with Gasteiger partial charge >= 0.3 is 0 Å². The third-order valence-electron chi connectivity index (χ3n) is 5.06. The molecule has 6 nitrogen and oxygen atoms in total. The van der Waals surface area contributed by atoms with Crippen LogP contribution in [0.25, 0.3) is 0 Å². The van der Waals surface area contributed by atoms with Gasteiger partial charge in [0, 0.05) is 26.1 Å². The molecule has 29 heavy (non-hydrogen) atoms. The van der Waals surface area contributed by atoms with Crippen LogP contribution in [0.1, 0.15) is 23.6 Å². The summed E-state index contributed by atoms with van der Waals surface area (Å²) >= 11 is 0. The highest BCUT2D eigenvalue weighted by atomic mass is 32.2. The van der Waals surface area contributed by atoms with Gasteiger partial charge in [-0.3, -0.25) is 9.69 Å². The number of hydrogen-bond donors (Lipinski definition) is 1. The van der Waals surface area contributed by atoms with Crippen molar-refractivity contribution >= 4 is 15.7 Å². The van der Waals surface area contributed by atoms with Gasteiger partial charge in [-0.25, -0.2) is 8.42 Å². The average molecular weight is 417 g/mol. The molecular formula is C22H28N2O4S. The van der Waals surface area contributed by atoms with E-state index in [1.807, 2.05) is 37.3 Å². The first kappa shape index (κ1) is 21.5. The molecule has 1 unspecified atom stereocenters. The van der Waals surface area contributed by atoms with Crippen LogP contribution < -0.4 is 5.32 Å². The summed E-state index contributed by atoms with van der Waals surface area (Å²) in [7, 11) is -3.49. The van der Waals surface area contributed by atoms with Crippen molar-refractivity contribution in [1.82, 2.24) is 10.2 Å². The summed E-state index contributed by atoms with van der Waals surface area (Å²) in [6.45, 7) is 5.59. The molecule has 156 valence electrons. The molecule has 1 aliphatic heterocycles. The second-order valence-electron chi connectivity index (χ2n) is 7.33. The second-order valence-corrected chi connectivity index (χ2v) is 9.43. The van der Waals surface area contributed by atoms with E-state index < -0.39 is 9.84 Å². The number of nitrogens with zero attached hydrogens (tertiary/aromatic N) is 1. The number of morpholine rings is 1. The van der Waals surface area contributed by atoms with E-state index in [0.717, 1.165) is 24.2 Å². The van der Waals surface area contributed by atoms with E-state index >= 15 is 0 Å². The molecule has 3 rings (SSSR count). The number of benzene rings is 2. The van der Waals surface area contributed by atoms with Crippen LogP contribution in [0.4, 0.5) is 0 Å². The van der Waals surface area contributed by atoms with Crippen LogP contribution in [0, 0.1) is 6.92 Å². The summed E-state index contributed by atoms with van der Waals surface area (Å²) in [5, 5.41) is 3.03. The fraction of sp³-hybridized carbons (Fsp3) is 0.409. The van der Waals surface area contributed by atoms with Crippen molar-refractivity contribution in [3.8, 4) is 0 Å². The number of sulfone groups is 1. The van der Waals surface area contributed by atoms with E-state index in [-0.39, 0.29) is 29.0 Å². The van der Waals surface area contributed by atoms with Crippen molar-refractivity contribution < 1.29 is 17.9 Å². The number of nitrogens with one attached hydrogen (secondary N) is 1. The minimum atomic E-state index is -3.49. The Bertz CT molecular complexity index is 892. The van der Waals surface area contributed by atoms with E-state index in [2.05, 4.69) is 10.2 Å².